The molecule has 8 nitrogen and oxygen atoms in total. The summed E-state index contributed by atoms with van der Waals surface area (Å²) < 4.78 is 10.8. The summed E-state index contributed by atoms with van der Waals surface area (Å²) in [6.07, 6.45) is 7.59. The molecule has 0 heterocycles. The van der Waals surface area contributed by atoms with Crippen LogP contribution in [0.25, 0.3) is 0 Å². The van der Waals surface area contributed by atoms with Crippen molar-refractivity contribution in [3.8, 4) is 5.75 Å². The second-order valence-electron chi connectivity index (χ2n) is 8.43. The third-order valence-corrected chi connectivity index (χ3v) is 5.42. The Hall–Kier alpha value is -3.26. The molecule has 2 aromatic carbocycles. The van der Waals surface area contributed by atoms with Crippen molar-refractivity contribution in [1.82, 2.24) is 0 Å². The average Bonchev–Trinajstić information content (AvgIpc) is 2.87. The van der Waals surface area contributed by atoms with Crippen LogP contribution in [0.1, 0.15) is 63.9 Å². The fourth-order valence-electron chi connectivity index (χ4n) is 3.26. The number of benzene rings is 2. The number of nitrogens with two attached hydrogens (primary N) is 1. The van der Waals surface area contributed by atoms with E-state index in [2.05, 4.69) is 29.3 Å². The molecule has 2 rings (SSSR count). The number of nitrogens with zero attached hydrogens (tertiary/aromatic N) is 2. The zero-order valence-corrected chi connectivity index (χ0v) is 20.5. The molecule has 0 unspecified atom stereocenters. The van der Waals surface area contributed by atoms with Crippen LogP contribution in [-0.4, -0.2) is 36.3 Å². The van der Waals surface area contributed by atoms with E-state index in [0.717, 1.165) is 30.0 Å². The molecule has 0 fully saturated rings. The maximum absolute atomic E-state index is 11.6. The fraction of sp³-hybridized carbons (Fsp3) is 0.481. The lowest BCUT2D eigenvalue weighted by molar-refractivity contribution is -0.144. The number of carboxylic acid groups (broad SMARTS) is 1. The Bertz CT molecular complexity index is 913. The largest absolute Gasteiger partial charge is 0.494 e. The first-order valence-corrected chi connectivity index (χ1v) is 12.4. The van der Waals surface area contributed by atoms with Crippen molar-refractivity contribution in [2.24, 2.45) is 16.0 Å². The summed E-state index contributed by atoms with van der Waals surface area (Å²) in [6.45, 7) is 2.98. The standard InChI is InChI=1S/C27H37N3O5/c1-2-3-4-5-8-21-9-11-22(12-10-21)29-30-23-13-15-24(16-14-23)34-19-6-7-20-35-26(31)18-17-25(28)27(32)33/h9-16,25H,2-8,17-20,28H2,1H3,(H,32,33)/t25-/m0/s1. The second kappa shape index (κ2) is 16.4. The lowest BCUT2D eigenvalue weighted by Gasteiger charge is -2.08. The summed E-state index contributed by atoms with van der Waals surface area (Å²) in [6, 6.07) is 14.6. The molecule has 190 valence electrons. The van der Waals surface area contributed by atoms with Crippen molar-refractivity contribution in [3.63, 3.8) is 0 Å². The number of unbranched alkanes of at least 4 members (excludes halogenated alkanes) is 4. The van der Waals surface area contributed by atoms with Crippen LogP contribution in [0.5, 0.6) is 5.75 Å². The van der Waals surface area contributed by atoms with Crippen LogP contribution in [0.3, 0.4) is 0 Å². The van der Waals surface area contributed by atoms with Gasteiger partial charge in [-0.2, -0.15) is 10.2 Å². The van der Waals surface area contributed by atoms with Crippen LogP contribution in [0.4, 0.5) is 11.4 Å². The van der Waals surface area contributed by atoms with Gasteiger partial charge in [-0.25, -0.2) is 0 Å². The van der Waals surface area contributed by atoms with E-state index in [1.54, 1.807) is 0 Å². The highest BCUT2D eigenvalue weighted by Crippen LogP contribution is 2.22. The molecule has 0 saturated heterocycles. The normalized spacial score (nSPS) is 11.9. The van der Waals surface area contributed by atoms with Gasteiger partial charge >= 0.3 is 11.9 Å². The highest BCUT2D eigenvalue weighted by Gasteiger charge is 2.13. The second-order valence-corrected chi connectivity index (χ2v) is 8.43. The van der Waals surface area contributed by atoms with Crippen molar-refractivity contribution in [2.45, 2.75) is 70.8 Å². The molecular formula is C27H37N3O5. The molecule has 0 aliphatic heterocycles. The van der Waals surface area contributed by atoms with Crippen LogP contribution in [0.2, 0.25) is 0 Å². The van der Waals surface area contributed by atoms with Crippen LogP contribution in [0.15, 0.2) is 58.8 Å². The van der Waals surface area contributed by atoms with E-state index >= 15 is 0 Å². The third-order valence-electron chi connectivity index (χ3n) is 5.42. The molecule has 3 N–H and O–H groups in total. The summed E-state index contributed by atoms with van der Waals surface area (Å²) in [7, 11) is 0. The zero-order chi connectivity index (χ0) is 25.3. The zero-order valence-electron chi connectivity index (χ0n) is 20.5. The molecule has 35 heavy (non-hydrogen) atoms. The molecule has 0 saturated carbocycles. The van der Waals surface area contributed by atoms with Gasteiger partial charge in [-0.1, -0.05) is 38.3 Å². The molecule has 0 aliphatic rings. The summed E-state index contributed by atoms with van der Waals surface area (Å²) in [5, 5.41) is 17.3. The molecule has 0 bridgehead atoms. The minimum absolute atomic E-state index is 0.00190. The van der Waals surface area contributed by atoms with Crippen LogP contribution in [-0.2, 0) is 20.7 Å². The number of ether oxygens (including phenoxy) is 2. The number of aliphatic carboxylic acids is 1. The van der Waals surface area contributed by atoms with Crippen LogP contribution < -0.4 is 10.5 Å². The first-order valence-electron chi connectivity index (χ1n) is 12.4. The van der Waals surface area contributed by atoms with Gasteiger partial charge < -0.3 is 20.3 Å². The summed E-state index contributed by atoms with van der Waals surface area (Å²) in [5.74, 6) is -0.828. The fourth-order valence-corrected chi connectivity index (χ4v) is 3.26. The highest BCUT2D eigenvalue weighted by molar-refractivity contribution is 5.75. The number of carbonyl (C=O) groups excluding carboxylic acids is 1. The number of aryl methyl sites for hydroxylation is 1. The van der Waals surface area contributed by atoms with Crippen molar-refractivity contribution in [1.29, 1.82) is 0 Å². The summed E-state index contributed by atoms with van der Waals surface area (Å²) in [4.78, 5) is 22.2. The van der Waals surface area contributed by atoms with Crippen molar-refractivity contribution >= 4 is 23.3 Å². The van der Waals surface area contributed by atoms with E-state index in [1.165, 1.54) is 31.2 Å². The molecule has 1 atom stereocenters. The number of rotatable bonds is 17. The molecule has 2 aromatic rings. The first-order chi connectivity index (χ1) is 17.0. The Kier molecular flexibility index (Phi) is 13.1. The lowest BCUT2D eigenvalue weighted by atomic mass is 10.1. The van der Waals surface area contributed by atoms with Gasteiger partial charge in [-0.15, -0.1) is 0 Å². The first kappa shape index (κ1) is 28.0. The van der Waals surface area contributed by atoms with Gasteiger partial charge in [0, 0.05) is 6.42 Å². The Morgan fingerprint density at radius 2 is 1.51 bits per heavy atom. The van der Waals surface area contributed by atoms with E-state index in [4.69, 9.17) is 20.3 Å². The molecule has 8 heteroatoms. The Morgan fingerprint density at radius 3 is 2.14 bits per heavy atom. The van der Waals surface area contributed by atoms with E-state index in [-0.39, 0.29) is 19.4 Å². The predicted molar refractivity (Wildman–Crippen MR) is 135 cm³/mol. The molecular weight excluding hydrogens is 446 g/mol. The number of hydrogen-bond acceptors (Lipinski definition) is 7. The van der Waals surface area contributed by atoms with Gasteiger partial charge in [0.2, 0.25) is 0 Å². The van der Waals surface area contributed by atoms with Crippen molar-refractivity contribution < 1.29 is 24.2 Å². The monoisotopic (exact) mass is 483 g/mol. The van der Waals surface area contributed by atoms with Crippen molar-refractivity contribution in [2.75, 3.05) is 13.2 Å². The van der Waals surface area contributed by atoms with Gasteiger partial charge in [-0.3, -0.25) is 9.59 Å². The van der Waals surface area contributed by atoms with Crippen LogP contribution >= 0.6 is 0 Å². The van der Waals surface area contributed by atoms with E-state index in [0.29, 0.717) is 13.0 Å². The van der Waals surface area contributed by atoms with Crippen LogP contribution in [0, 0.1) is 0 Å². The number of hydrogen-bond donors (Lipinski definition) is 2. The van der Waals surface area contributed by atoms with E-state index in [1.807, 2.05) is 36.4 Å². The minimum Gasteiger partial charge on any atom is -0.494 e. The molecule has 0 amide bonds. The predicted octanol–water partition coefficient (Wildman–Crippen LogP) is 6.12. The molecule has 0 radical (unpaired) electrons. The number of carbonyl (C=O) groups is 2. The SMILES string of the molecule is CCCCCCc1ccc(N=Nc2ccc(OCCCCOC(=O)CC[C@H](N)C(=O)O)cc2)cc1. The van der Waals surface area contributed by atoms with Gasteiger partial charge in [0.1, 0.15) is 11.8 Å². The lowest BCUT2D eigenvalue weighted by Crippen LogP contribution is -2.30. The Morgan fingerprint density at radius 1 is 0.886 bits per heavy atom. The van der Waals surface area contributed by atoms with Gasteiger partial charge in [-0.05, 0) is 74.1 Å². The van der Waals surface area contributed by atoms with Crippen molar-refractivity contribution in [3.05, 3.63) is 54.1 Å². The molecule has 0 aromatic heterocycles. The third kappa shape index (κ3) is 12.1. The van der Waals surface area contributed by atoms with Gasteiger partial charge in [0.15, 0.2) is 0 Å². The number of carboxylic acids is 1. The average molecular weight is 484 g/mol. The maximum Gasteiger partial charge on any atom is 0.320 e. The smallest absolute Gasteiger partial charge is 0.320 e. The summed E-state index contributed by atoms with van der Waals surface area (Å²) >= 11 is 0. The number of azo groups is 1. The quantitative estimate of drug-likeness (QED) is 0.159. The van der Waals surface area contributed by atoms with Gasteiger partial charge in [0.05, 0.1) is 24.6 Å². The highest BCUT2D eigenvalue weighted by atomic mass is 16.5. The topological polar surface area (TPSA) is 124 Å². The van der Waals surface area contributed by atoms with E-state index in [9.17, 15) is 9.59 Å². The Balaban J connectivity index is 1.61. The molecule has 0 aliphatic carbocycles. The molecule has 0 spiro atoms. The summed E-state index contributed by atoms with van der Waals surface area (Å²) in [5.41, 5.74) is 8.26. The minimum atomic E-state index is -1.12. The Labute approximate surface area is 207 Å². The number of esters is 1. The maximum atomic E-state index is 11.6. The van der Waals surface area contributed by atoms with E-state index < -0.39 is 18.0 Å². The van der Waals surface area contributed by atoms with Gasteiger partial charge in [0.25, 0.3) is 0 Å².